The van der Waals surface area contributed by atoms with Gasteiger partial charge in [0, 0.05) is 38.9 Å². The molecule has 4 heterocycles. The molecular weight excluding hydrogens is 654 g/mol. The molecule has 0 saturated carbocycles. The third-order valence-electron chi connectivity index (χ3n) is 10.3. The number of amides is 3. The summed E-state index contributed by atoms with van der Waals surface area (Å²) in [5, 5.41) is 12.3. The van der Waals surface area contributed by atoms with Crippen LogP contribution in [0, 0.1) is 11.8 Å². The van der Waals surface area contributed by atoms with Crippen LogP contribution in [0.3, 0.4) is 0 Å². The second-order valence-electron chi connectivity index (χ2n) is 13.4. The molecule has 6 rings (SSSR count). The second-order valence-corrected chi connectivity index (χ2v) is 13.4. The Morgan fingerprint density at radius 2 is 1.71 bits per heavy atom. The van der Waals surface area contributed by atoms with Gasteiger partial charge >= 0.3 is 5.97 Å². The van der Waals surface area contributed by atoms with Crippen LogP contribution < -0.4 is 15.0 Å². The number of carbonyl (C=O) groups is 4. The van der Waals surface area contributed by atoms with Crippen molar-refractivity contribution in [2.75, 3.05) is 45.4 Å². The molecule has 0 aromatic heterocycles. The van der Waals surface area contributed by atoms with Crippen LogP contribution in [0.25, 0.3) is 0 Å². The van der Waals surface area contributed by atoms with Gasteiger partial charge in [0.1, 0.15) is 29.4 Å². The van der Waals surface area contributed by atoms with Gasteiger partial charge < -0.3 is 39.2 Å². The molecule has 2 aromatic rings. The van der Waals surface area contributed by atoms with Crippen molar-refractivity contribution in [3.8, 4) is 5.75 Å². The molecular formula is C39H47N3O9. The maximum absolute atomic E-state index is 14.8. The lowest BCUT2D eigenvalue weighted by Crippen LogP contribution is -2.55. The monoisotopic (exact) mass is 701 g/mol. The number of likely N-dealkylation sites (tertiary alicyclic amines) is 1. The number of nitrogens with zero attached hydrogens (tertiary/aromatic N) is 2. The number of cyclic esters (lactones) is 1. The quantitative estimate of drug-likeness (QED) is 0.205. The summed E-state index contributed by atoms with van der Waals surface area (Å²) in [6.45, 7) is 0.678. The normalized spacial score (nSPS) is 29.9. The molecule has 2 N–H and O–H groups in total. The number of allylic oxidation sites excluding steroid dienone is 1. The number of hydrogen-bond donors (Lipinski definition) is 2. The Morgan fingerprint density at radius 1 is 0.941 bits per heavy atom. The number of anilines is 1. The average molecular weight is 702 g/mol. The highest BCUT2D eigenvalue weighted by molar-refractivity contribution is 6.05. The van der Waals surface area contributed by atoms with Gasteiger partial charge in [-0.05, 0) is 49.1 Å². The van der Waals surface area contributed by atoms with E-state index in [2.05, 4.69) is 5.32 Å². The van der Waals surface area contributed by atoms with Crippen LogP contribution in [0.15, 0.2) is 78.9 Å². The highest BCUT2D eigenvalue weighted by Gasteiger charge is 2.71. The smallest absolute Gasteiger partial charge is 0.313 e. The molecule has 2 saturated heterocycles. The average Bonchev–Trinajstić information content (AvgIpc) is 3.52. The first-order valence-electron chi connectivity index (χ1n) is 17.8. The number of aliphatic hydroxyl groups excluding tert-OH is 1. The van der Waals surface area contributed by atoms with Crippen molar-refractivity contribution in [1.29, 1.82) is 0 Å². The van der Waals surface area contributed by atoms with Gasteiger partial charge in [0.05, 0.1) is 31.8 Å². The summed E-state index contributed by atoms with van der Waals surface area (Å²) in [7, 11) is 3.09. The van der Waals surface area contributed by atoms with E-state index in [0.29, 0.717) is 36.3 Å². The lowest BCUT2D eigenvalue weighted by molar-refractivity contribution is -0.162. The zero-order valence-electron chi connectivity index (χ0n) is 29.1. The fraction of sp³-hybridized carbons (Fsp3) is 0.487. The number of unbranched alkanes of at least 4 members (excludes halogenated alkanes) is 3. The standard InChI is InChI=1S/C39H47N3O9/c1-48-25-29-34(26-13-6-5-7-14-26)50-38(47)32-30(15-8-9-16-31(44)40-29)51-39-21-12-23-41(27-17-19-28(49-2)20-18-27)37(46)35(39)42(36(45)33(32)39)22-10-3-4-11-24-43/h5-8,12-15,17-21,29-30,32-35,43H,3-4,9-11,16,22-25H2,1-2H3,(H,40,44)/b15-8-/t29-,30-,32+,33+,34-,35-,39+/m1/s1. The Hall–Kier alpha value is -4.52. The van der Waals surface area contributed by atoms with E-state index in [1.165, 1.54) is 7.11 Å². The molecule has 2 fully saturated rings. The summed E-state index contributed by atoms with van der Waals surface area (Å²) in [6, 6.07) is 14.5. The SMILES string of the molecule is COC[C@H]1NC(=O)CC/C=C\[C@H]2O[C@]34C=CCN(c5ccc(OC)cc5)C(=O)[C@H]3N(CCCCCCO)C(=O)[C@@H]4[C@H]2C(=O)O[C@@H]1c1ccccc1. The van der Waals surface area contributed by atoms with Gasteiger partial charge in [0.15, 0.2) is 0 Å². The molecule has 0 bridgehead atoms. The van der Waals surface area contributed by atoms with Gasteiger partial charge in [0.2, 0.25) is 11.8 Å². The number of hydrogen-bond acceptors (Lipinski definition) is 9. The van der Waals surface area contributed by atoms with Crippen molar-refractivity contribution in [3.63, 3.8) is 0 Å². The van der Waals surface area contributed by atoms with E-state index < -0.39 is 47.7 Å². The van der Waals surface area contributed by atoms with E-state index in [1.807, 2.05) is 36.4 Å². The predicted molar refractivity (Wildman–Crippen MR) is 188 cm³/mol. The fourth-order valence-corrected chi connectivity index (χ4v) is 7.87. The van der Waals surface area contributed by atoms with Crippen LogP contribution in [0.5, 0.6) is 5.75 Å². The molecule has 51 heavy (non-hydrogen) atoms. The fourth-order valence-electron chi connectivity index (χ4n) is 7.87. The number of fused-ring (bicyclic) bond motifs is 2. The second kappa shape index (κ2) is 16.2. The first kappa shape index (κ1) is 36.3. The molecule has 0 aliphatic carbocycles. The number of esters is 1. The first-order valence-corrected chi connectivity index (χ1v) is 17.8. The maximum atomic E-state index is 14.8. The van der Waals surface area contributed by atoms with Gasteiger partial charge in [-0.3, -0.25) is 19.2 Å². The Kier molecular flexibility index (Phi) is 11.5. The van der Waals surface area contributed by atoms with E-state index in [1.54, 1.807) is 59.4 Å². The van der Waals surface area contributed by atoms with Gasteiger partial charge in [-0.15, -0.1) is 0 Å². The zero-order chi connectivity index (χ0) is 36.0. The highest BCUT2D eigenvalue weighted by Crippen LogP contribution is 2.53. The summed E-state index contributed by atoms with van der Waals surface area (Å²) >= 11 is 0. The highest BCUT2D eigenvalue weighted by atomic mass is 16.6. The van der Waals surface area contributed by atoms with E-state index in [-0.39, 0.29) is 50.4 Å². The molecule has 3 amide bonds. The van der Waals surface area contributed by atoms with E-state index in [9.17, 15) is 24.3 Å². The third-order valence-corrected chi connectivity index (χ3v) is 10.3. The van der Waals surface area contributed by atoms with Crippen LogP contribution in [0.4, 0.5) is 5.69 Å². The Morgan fingerprint density at radius 3 is 2.43 bits per heavy atom. The van der Waals surface area contributed by atoms with Gasteiger partial charge in [-0.25, -0.2) is 0 Å². The summed E-state index contributed by atoms with van der Waals surface area (Å²) in [6.07, 6.45) is 8.67. The molecule has 4 aliphatic rings. The number of ether oxygens (including phenoxy) is 4. The molecule has 12 heteroatoms. The number of rotatable bonds is 11. The lowest BCUT2D eigenvalue weighted by atomic mass is 9.77. The van der Waals surface area contributed by atoms with Crippen molar-refractivity contribution in [3.05, 3.63) is 84.5 Å². The Labute approximate surface area is 298 Å². The van der Waals surface area contributed by atoms with Crippen LogP contribution in [0.1, 0.15) is 50.2 Å². The maximum Gasteiger partial charge on any atom is 0.313 e. The van der Waals surface area contributed by atoms with E-state index in [0.717, 1.165) is 12.8 Å². The lowest BCUT2D eigenvalue weighted by Gasteiger charge is -2.35. The Balaban J connectivity index is 1.41. The number of nitrogens with one attached hydrogen (secondary N) is 1. The van der Waals surface area contributed by atoms with Crippen molar-refractivity contribution >= 4 is 29.4 Å². The summed E-state index contributed by atoms with van der Waals surface area (Å²) in [5.41, 5.74) is -0.162. The van der Waals surface area contributed by atoms with Crippen molar-refractivity contribution < 1.29 is 43.2 Å². The van der Waals surface area contributed by atoms with E-state index >= 15 is 0 Å². The molecule has 7 atom stereocenters. The molecule has 272 valence electrons. The van der Waals surface area contributed by atoms with Crippen molar-refractivity contribution in [2.45, 2.75) is 68.4 Å². The molecule has 4 aliphatic heterocycles. The molecule has 1 spiro atoms. The number of benzene rings is 2. The van der Waals surface area contributed by atoms with Gasteiger partial charge in [-0.2, -0.15) is 0 Å². The van der Waals surface area contributed by atoms with Gasteiger partial charge in [0.25, 0.3) is 5.91 Å². The molecule has 12 nitrogen and oxygen atoms in total. The first-order chi connectivity index (χ1) is 24.8. The number of aliphatic hydroxyl groups is 1. The molecule has 0 radical (unpaired) electrons. The minimum Gasteiger partial charge on any atom is -0.497 e. The van der Waals surface area contributed by atoms with Crippen molar-refractivity contribution in [2.24, 2.45) is 11.8 Å². The van der Waals surface area contributed by atoms with Crippen LogP contribution in [0.2, 0.25) is 0 Å². The minimum absolute atomic E-state index is 0.0792. The summed E-state index contributed by atoms with van der Waals surface area (Å²) in [4.78, 5) is 60.4. The Bertz CT molecular complexity index is 1610. The number of carbonyl (C=O) groups excluding carboxylic acids is 4. The summed E-state index contributed by atoms with van der Waals surface area (Å²) < 4.78 is 24.0. The third kappa shape index (κ3) is 7.31. The largest absolute Gasteiger partial charge is 0.497 e. The number of methoxy groups -OCH3 is 2. The minimum atomic E-state index is -1.46. The summed E-state index contributed by atoms with van der Waals surface area (Å²) in [5.74, 6) is -3.03. The van der Waals surface area contributed by atoms with E-state index in [4.69, 9.17) is 18.9 Å². The topological polar surface area (TPSA) is 144 Å². The van der Waals surface area contributed by atoms with Crippen LogP contribution >= 0.6 is 0 Å². The predicted octanol–water partition coefficient (Wildman–Crippen LogP) is 3.50. The van der Waals surface area contributed by atoms with Crippen molar-refractivity contribution in [1.82, 2.24) is 10.2 Å². The van der Waals surface area contributed by atoms with Crippen LogP contribution in [-0.4, -0.2) is 98.0 Å². The molecule has 2 aromatic carbocycles. The zero-order valence-corrected chi connectivity index (χ0v) is 29.1. The van der Waals surface area contributed by atoms with Crippen LogP contribution in [-0.2, 0) is 33.4 Å². The molecule has 0 unspecified atom stereocenters. The van der Waals surface area contributed by atoms with Gasteiger partial charge in [-0.1, -0.05) is 67.5 Å².